The molecule has 1 amide bonds. The van der Waals surface area contributed by atoms with E-state index in [9.17, 15) is 14.4 Å². The van der Waals surface area contributed by atoms with Gasteiger partial charge in [0.05, 0.1) is 30.9 Å². The lowest BCUT2D eigenvalue weighted by molar-refractivity contribution is -0.136. The van der Waals surface area contributed by atoms with Gasteiger partial charge in [-0.2, -0.15) is 0 Å². The molecule has 3 aromatic carbocycles. The number of hydrogen-bond acceptors (Lipinski definition) is 6. The van der Waals surface area contributed by atoms with Crippen LogP contribution in [0.15, 0.2) is 95.7 Å². The van der Waals surface area contributed by atoms with E-state index >= 15 is 0 Å². The Bertz CT molecular complexity index is 1360. The molecule has 7 nitrogen and oxygen atoms in total. The van der Waals surface area contributed by atoms with Gasteiger partial charge in [0, 0.05) is 11.4 Å². The summed E-state index contributed by atoms with van der Waals surface area (Å²) in [4.78, 5) is 39.4. The van der Waals surface area contributed by atoms with Gasteiger partial charge in [-0.25, -0.2) is 9.59 Å². The van der Waals surface area contributed by atoms with Crippen molar-refractivity contribution in [2.75, 3.05) is 19.1 Å². The molecule has 36 heavy (non-hydrogen) atoms. The predicted molar refractivity (Wildman–Crippen MR) is 135 cm³/mol. The van der Waals surface area contributed by atoms with Crippen LogP contribution in [0.3, 0.4) is 0 Å². The van der Waals surface area contributed by atoms with E-state index in [4.69, 9.17) is 14.2 Å². The summed E-state index contributed by atoms with van der Waals surface area (Å²) < 4.78 is 15.6. The Balaban J connectivity index is 1.65. The number of esters is 2. The molecule has 1 aliphatic rings. The van der Waals surface area contributed by atoms with E-state index in [1.54, 1.807) is 43.3 Å². The fourth-order valence-corrected chi connectivity index (χ4v) is 3.96. The molecular weight excluding hydrogens is 458 g/mol. The standard InChI is InChI=1S/C29H25NO6/c1-19-26(29(33)35-3)25(27(31)30(19)23-14-12-22(13-15-23)28(32)34-2)17-21-10-7-11-24(16-21)36-18-20-8-5-4-6-9-20/h4-17H,18H2,1-3H3/b25-17-. The predicted octanol–water partition coefficient (Wildman–Crippen LogP) is 4.93. The van der Waals surface area contributed by atoms with Crippen molar-refractivity contribution in [3.05, 3.63) is 112 Å². The number of carbonyl (C=O) groups excluding carboxylic acids is 3. The lowest BCUT2D eigenvalue weighted by atomic mass is 10.0. The molecule has 0 N–H and O–H groups in total. The van der Waals surface area contributed by atoms with E-state index in [-0.39, 0.29) is 17.1 Å². The van der Waals surface area contributed by atoms with Crippen LogP contribution in [-0.4, -0.2) is 32.1 Å². The van der Waals surface area contributed by atoms with Crippen molar-refractivity contribution in [3.63, 3.8) is 0 Å². The molecule has 0 unspecified atom stereocenters. The number of rotatable bonds is 7. The summed E-state index contributed by atoms with van der Waals surface area (Å²) in [6.45, 7) is 2.08. The van der Waals surface area contributed by atoms with E-state index in [1.807, 2.05) is 48.5 Å². The summed E-state index contributed by atoms with van der Waals surface area (Å²) in [5.41, 5.74) is 3.40. The molecule has 0 spiro atoms. The topological polar surface area (TPSA) is 82.1 Å². The Morgan fingerprint density at radius 3 is 2.22 bits per heavy atom. The number of amides is 1. The number of ether oxygens (including phenoxy) is 3. The summed E-state index contributed by atoms with van der Waals surface area (Å²) in [5, 5.41) is 0. The van der Waals surface area contributed by atoms with Gasteiger partial charge in [-0.1, -0.05) is 42.5 Å². The molecule has 0 bridgehead atoms. The van der Waals surface area contributed by atoms with E-state index in [0.29, 0.717) is 34.9 Å². The lowest BCUT2D eigenvalue weighted by Gasteiger charge is -2.18. The Kier molecular flexibility index (Phi) is 7.30. The molecular formula is C29H25NO6. The fraction of sp³-hybridized carbons (Fsp3) is 0.138. The van der Waals surface area contributed by atoms with E-state index in [1.165, 1.54) is 19.1 Å². The highest BCUT2D eigenvalue weighted by Gasteiger charge is 2.38. The molecule has 1 heterocycles. The van der Waals surface area contributed by atoms with Crippen LogP contribution >= 0.6 is 0 Å². The SMILES string of the molecule is COC(=O)C1=C(C)N(c2ccc(C(=O)OC)cc2)C(=O)/C1=C\c1cccc(OCc2ccccc2)c1. The number of benzene rings is 3. The van der Waals surface area contributed by atoms with Crippen molar-refractivity contribution in [1.82, 2.24) is 0 Å². The smallest absolute Gasteiger partial charge is 0.340 e. The monoisotopic (exact) mass is 483 g/mol. The first-order valence-electron chi connectivity index (χ1n) is 11.2. The molecule has 3 aromatic rings. The number of carbonyl (C=O) groups is 3. The minimum absolute atomic E-state index is 0.176. The molecule has 0 saturated heterocycles. The number of anilines is 1. The molecule has 0 atom stereocenters. The van der Waals surface area contributed by atoms with Crippen LogP contribution < -0.4 is 9.64 Å². The van der Waals surface area contributed by atoms with Crippen molar-refractivity contribution in [1.29, 1.82) is 0 Å². The highest BCUT2D eigenvalue weighted by molar-refractivity contribution is 6.23. The number of hydrogen-bond donors (Lipinski definition) is 0. The molecule has 0 aliphatic carbocycles. The average Bonchev–Trinajstić information content (AvgIpc) is 3.16. The van der Waals surface area contributed by atoms with Crippen LogP contribution in [0.4, 0.5) is 5.69 Å². The summed E-state index contributed by atoms with van der Waals surface area (Å²) in [6.07, 6.45) is 1.65. The zero-order valence-corrected chi connectivity index (χ0v) is 20.2. The van der Waals surface area contributed by atoms with Crippen LogP contribution in [0.2, 0.25) is 0 Å². The Morgan fingerprint density at radius 2 is 1.56 bits per heavy atom. The molecule has 4 rings (SSSR count). The lowest BCUT2D eigenvalue weighted by Crippen LogP contribution is -2.24. The van der Waals surface area contributed by atoms with Gasteiger partial charge in [0.15, 0.2) is 0 Å². The van der Waals surface area contributed by atoms with Gasteiger partial charge in [0.25, 0.3) is 5.91 Å². The zero-order chi connectivity index (χ0) is 25.7. The molecule has 1 aliphatic heterocycles. The maximum atomic E-state index is 13.5. The highest BCUT2D eigenvalue weighted by atomic mass is 16.5. The second kappa shape index (κ2) is 10.7. The van der Waals surface area contributed by atoms with Crippen molar-refractivity contribution in [2.24, 2.45) is 0 Å². The third kappa shape index (κ3) is 5.05. The zero-order valence-electron chi connectivity index (χ0n) is 20.2. The van der Waals surface area contributed by atoms with Gasteiger partial charge < -0.3 is 14.2 Å². The maximum Gasteiger partial charge on any atom is 0.340 e. The van der Waals surface area contributed by atoms with Gasteiger partial charge in [0.1, 0.15) is 12.4 Å². The minimum Gasteiger partial charge on any atom is -0.489 e. The Labute approximate surface area is 209 Å². The molecule has 0 fully saturated rings. The molecule has 0 saturated carbocycles. The van der Waals surface area contributed by atoms with Crippen molar-refractivity contribution in [3.8, 4) is 5.75 Å². The molecule has 7 heteroatoms. The summed E-state index contributed by atoms with van der Waals surface area (Å²) in [5.74, 6) is -0.840. The Morgan fingerprint density at radius 1 is 0.861 bits per heavy atom. The number of methoxy groups -OCH3 is 2. The first-order chi connectivity index (χ1) is 17.4. The molecule has 182 valence electrons. The van der Waals surface area contributed by atoms with Gasteiger partial charge in [-0.15, -0.1) is 0 Å². The van der Waals surface area contributed by atoms with Crippen LogP contribution in [0.25, 0.3) is 6.08 Å². The van der Waals surface area contributed by atoms with Gasteiger partial charge >= 0.3 is 11.9 Å². The molecule has 0 radical (unpaired) electrons. The first kappa shape index (κ1) is 24.5. The number of nitrogens with zero attached hydrogens (tertiary/aromatic N) is 1. The second-order valence-electron chi connectivity index (χ2n) is 8.04. The van der Waals surface area contributed by atoms with Crippen LogP contribution in [-0.2, 0) is 25.7 Å². The second-order valence-corrected chi connectivity index (χ2v) is 8.04. The van der Waals surface area contributed by atoms with Crippen molar-refractivity contribution in [2.45, 2.75) is 13.5 Å². The summed E-state index contributed by atoms with van der Waals surface area (Å²) in [6, 6.07) is 23.5. The van der Waals surface area contributed by atoms with Crippen LogP contribution in [0, 0.1) is 0 Å². The van der Waals surface area contributed by atoms with Crippen LogP contribution in [0.1, 0.15) is 28.4 Å². The van der Waals surface area contributed by atoms with Gasteiger partial charge in [-0.3, -0.25) is 9.69 Å². The normalized spacial score (nSPS) is 14.2. The Hall–Kier alpha value is -4.65. The fourth-order valence-electron chi connectivity index (χ4n) is 3.96. The third-order valence-corrected chi connectivity index (χ3v) is 5.75. The van der Waals surface area contributed by atoms with E-state index in [2.05, 4.69) is 0 Å². The first-order valence-corrected chi connectivity index (χ1v) is 11.2. The van der Waals surface area contributed by atoms with E-state index < -0.39 is 11.9 Å². The molecule has 0 aromatic heterocycles. The third-order valence-electron chi connectivity index (χ3n) is 5.75. The minimum atomic E-state index is -0.614. The maximum absolute atomic E-state index is 13.5. The average molecular weight is 484 g/mol. The number of allylic oxidation sites excluding steroid dienone is 1. The summed E-state index contributed by atoms with van der Waals surface area (Å²) in [7, 11) is 2.57. The largest absolute Gasteiger partial charge is 0.489 e. The van der Waals surface area contributed by atoms with Crippen molar-refractivity contribution >= 4 is 29.6 Å². The van der Waals surface area contributed by atoms with Gasteiger partial charge in [-0.05, 0) is 60.5 Å². The van der Waals surface area contributed by atoms with Crippen molar-refractivity contribution < 1.29 is 28.6 Å². The van der Waals surface area contributed by atoms with E-state index in [0.717, 1.165) is 5.56 Å². The quantitative estimate of drug-likeness (QED) is 0.350. The summed E-state index contributed by atoms with van der Waals surface area (Å²) >= 11 is 0. The van der Waals surface area contributed by atoms with Crippen LogP contribution in [0.5, 0.6) is 5.75 Å². The van der Waals surface area contributed by atoms with Gasteiger partial charge in [0.2, 0.25) is 0 Å². The highest BCUT2D eigenvalue weighted by Crippen LogP contribution is 2.36.